The second kappa shape index (κ2) is 8.41. The fourth-order valence-electron chi connectivity index (χ4n) is 4.32. The van der Waals surface area contributed by atoms with Crippen molar-refractivity contribution >= 4 is 5.91 Å². The molecule has 0 saturated carbocycles. The van der Waals surface area contributed by atoms with Crippen LogP contribution in [-0.2, 0) is 16.0 Å². The molecule has 1 aromatic carbocycles. The normalized spacial score (nSPS) is 20.1. The highest BCUT2D eigenvalue weighted by Gasteiger charge is 2.43. The number of benzene rings is 1. The number of aromatic nitrogens is 1. The van der Waals surface area contributed by atoms with E-state index in [0.717, 1.165) is 51.0 Å². The van der Waals surface area contributed by atoms with Gasteiger partial charge in [0.15, 0.2) is 0 Å². The first-order valence-electron chi connectivity index (χ1n) is 10.2. The van der Waals surface area contributed by atoms with Crippen LogP contribution in [0.5, 0.6) is 0 Å². The van der Waals surface area contributed by atoms with Crippen LogP contribution < -0.4 is 0 Å². The molecular weight excluding hydrogens is 350 g/mol. The molecule has 0 radical (unpaired) electrons. The Morgan fingerprint density at radius 1 is 0.964 bits per heavy atom. The fourth-order valence-corrected chi connectivity index (χ4v) is 4.32. The lowest BCUT2D eigenvalue weighted by Gasteiger charge is -2.42. The average molecular weight is 380 g/mol. The Morgan fingerprint density at radius 3 is 2.21 bits per heavy atom. The summed E-state index contributed by atoms with van der Waals surface area (Å²) in [7, 11) is 2.12. The third-order valence-electron chi connectivity index (χ3n) is 6.20. The first-order valence-corrected chi connectivity index (χ1v) is 10.2. The maximum absolute atomic E-state index is 13.5. The molecule has 148 valence electrons. The van der Waals surface area contributed by atoms with Crippen molar-refractivity contribution < 1.29 is 9.53 Å². The van der Waals surface area contributed by atoms with Crippen molar-refractivity contribution in [1.29, 1.82) is 0 Å². The number of likely N-dealkylation sites (N-methyl/N-ethyl adjacent to an activating group) is 1. The Kier molecular flexibility index (Phi) is 5.74. The van der Waals surface area contributed by atoms with E-state index in [1.54, 1.807) is 0 Å². The van der Waals surface area contributed by atoms with Crippen molar-refractivity contribution in [2.24, 2.45) is 5.41 Å². The Balaban J connectivity index is 1.52. The monoisotopic (exact) mass is 379 g/mol. The summed E-state index contributed by atoms with van der Waals surface area (Å²) in [6.07, 6.45) is 6.04. The highest BCUT2D eigenvalue weighted by Crippen LogP contribution is 2.37. The molecule has 2 aliphatic rings. The van der Waals surface area contributed by atoms with Gasteiger partial charge in [0.2, 0.25) is 5.91 Å². The zero-order chi connectivity index (χ0) is 19.4. The van der Waals surface area contributed by atoms with Crippen LogP contribution in [0.1, 0.15) is 18.4 Å². The quantitative estimate of drug-likeness (QED) is 0.820. The molecule has 1 amide bonds. The third kappa shape index (κ3) is 4.10. The number of carbonyl (C=O) groups is 1. The lowest BCUT2D eigenvalue weighted by molar-refractivity contribution is -0.149. The van der Waals surface area contributed by atoms with Gasteiger partial charge in [-0.2, -0.15) is 0 Å². The molecule has 5 nitrogen and oxygen atoms in total. The third-order valence-corrected chi connectivity index (χ3v) is 6.20. The van der Waals surface area contributed by atoms with E-state index in [9.17, 15) is 4.79 Å². The van der Waals surface area contributed by atoms with Crippen LogP contribution in [0.4, 0.5) is 0 Å². The van der Waals surface area contributed by atoms with Gasteiger partial charge in [-0.3, -0.25) is 9.78 Å². The van der Waals surface area contributed by atoms with Crippen molar-refractivity contribution in [3.05, 3.63) is 54.4 Å². The van der Waals surface area contributed by atoms with Crippen molar-refractivity contribution in [2.45, 2.75) is 19.3 Å². The van der Waals surface area contributed by atoms with E-state index in [1.165, 1.54) is 11.1 Å². The Hall–Kier alpha value is -2.24. The van der Waals surface area contributed by atoms with E-state index in [1.807, 2.05) is 24.5 Å². The fraction of sp³-hybridized carbons (Fsp3) is 0.478. The minimum atomic E-state index is -0.327. The summed E-state index contributed by atoms with van der Waals surface area (Å²) < 4.78 is 5.61. The minimum Gasteiger partial charge on any atom is -0.381 e. The largest absolute Gasteiger partial charge is 0.381 e. The van der Waals surface area contributed by atoms with E-state index in [2.05, 4.69) is 46.1 Å². The summed E-state index contributed by atoms with van der Waals surface area (Å²) in [5.74, 6) is 0.321. The molecule has 0 N–H and O–H groups in total. The lowest BCUT2D eigenvalue weighted by Crippen LogP contribution is -2.54. The number of rotatable bonds is 4. The van der Waals surface area contributed by atoms with Crippen molar-refractivity contribution in [1.82, 2.24) is 14.8 Å². The van der Waals surface area contributed by atoms with Gasteiger partial charge < -0.3 is 14.5 Å². The molecule has 1 aromatic heterocycles. The predicted octanol–water partition coefficient (Wildman–Crippen LogP) is 2.86. The molecule has 2 aromatic rings. The molecule has 3 heterocycles. The molecule has 0 aliphatic carbocycles. The van der Waals surface area contributed by atoms with Gasteiger partial charge in [-0.05, 0) is 55.1 Å². The van der Waals surface area contributed by atoms with Crippen molar-refractivity contribution in [3.63, 3.8) is 0 Å². The zero-order valence-electron chi connectivity index (χ0n) is 16.6. The van der Waals surface area contributed by atoms with Crippen LogP contribution in [0.3, 0.4) is 0 Å². The molecule has 0 unspecified atom stereocenters. The van der Waals surface area contributed by atoms with Crippen molar-refractivity contribution in [2.75, 3.05) is 46.4 Å². The number of hydrogen-bond donors (Lipinski definition) is 0. The maximum atomic E-state index is 13.5. The number of ether oxygens (including phenoxy) is 1. The van der Waals surface area contributed by atoms with Gasteiger partial charge in [0, 0.05) is 51.8 Å². The van der Waals surface area contributed by atoms with Crippen LogP contribution >= 0.6 is 0 Å². The summed E-state index contributed by atoms with van der Waals surface area (Å²) in [5, 5.41) is 0. The first-order chi connectivity index (χ1) is 13.7. The van der Waals surface area contributed by atoms with Crippen LogP contribution in [-0.4, -0.2) is 67.1 Å². The molecule has 0 spiro atoms. The summed E-state index contributed by atoms with van der Waals surface area (Å²) >= 11 is 0. The number of carbonyl (C=O) groups excluding carboxylic acids is 1. The van der Waals surface area contributed by atoms with E-state index >= 15 is 0 Å². The van der Waals surface area contributed by atoms with Crippen molar-refractivity contribution in [3.8, 4) is 11.1 Å². The second-order valence-corrected chi connectivity index (χ2v) is 8.10. The van der Waals surface area contributed by atoms with Gasteiger partial charge in [-0.25, -0.2) is 0 Å². The molecule has 2 saturated heterocycles. The molecule has 2 fully saturated rings. The van der Waals surface area contributed by atoms with E-state index in [0.29, 0.717) is 19.1 Å². The van der Waals surface area contributed by atoms with Crippen LogP contribution in [0.2, 0.25) is 0 Å². The van der Waals surface area contributed by atoms with Gasteiger partial charge in [-0.15, -0.1) is 0 Å². The molecule has 4 rings (SSSR count). The predicted molar refractivity (Wildman–Crippen MR) is 110 cm³/mol. The SMILES string of the molecule is CN1CCN(C(=O)C2(Cc3ccc(-c4ccncc4)cc3)CCOCC2)CC1. The van der Waals surface area contributed by atoms with Gasteiger partial charge in [0.1, 0.15) is 0 Å². The van der Waals surface area contributed by atoms with Crippen LogP contribution in [0, 0.1) is 5.41 Å². The molecule has 0 bridgehead atoms. The molecule has 2 aliphatic heterocycles. The minimum absolute atomic E-state index is 0.321. The Labute approximate surface area is 167 Å². The van der Waals surface area contributed by atoms with Gasteiger partial charge in [0.25, 0.3) is 0 Å². The number of nitrogens with zero attached hydrogens (tertiary/aromatic N) is 3. The van der Waals surface area contributed by atoms with Gasteiger partial charge in [-0.1, -0.05) is 24.3 Å². The smallest absolute Gasteiger partial charge is 0.229 e. The van der Waals surface area contributed by atoms with Crippen LogP contribution in [0.25, 0.3) is 11.1 Å². The standard InChI is InChI=1S/C23H29N3O2/c1-25-12-14-26(15-13-25)22(27)23(8-16-28-17-9-23)18-19-2-4-20(5-3-19)21-6-10-24-11-7-21/h2-7,10-11H,8-9,12-18H2,1H3. The van der Waals surface area contributed by atoms with Gasteiger partial charge in [0.05, 0.1) is 5.41 Å². The van der Waals surface area contributed by atoms with Crippen LogP contribution in [0.15, 0.2) is 48.8 Å². The number of amides is 1. The topological polar surface area (TPSA) is 45.7 Å². The van der Waals surface area contributed by atoms with E-state index < -0.39 is 0 Å². The maximum Gasteiger partial charge on any atom is 0.229 e. The Bertz CT molecular complexity index is 777. The first kappa shape index (κ1) is 19.1. The van der Waals surface area contributed by atoms with Gasteiger partial charge >= 0.3 is 0 Å². The summed E-state index contributed by atoms with van der Waals surface area (Å²) in [4.78, 5) is 22.0. The highest BCUT2D eigenvalue weighted by atomic mass is 16.5. The molecule has 5 heteroatoms. The van der Waals surface area contributed by atoms with E-state index in [-0.39, 0.29) is 5.41 Å². The average Bonchev–Trinajstić information content (AvgIpc) is 2.76. The number of piperazine rings is 1. The Morgan fingerprint density at radius 2 is 1.57 bits per heavy atom. The van der Waals surface area contributed by atoms with E-state index in [4.69, 9.17) is 4.74 Å². The second-order valence-electron chi connectivity index (χ2n) is 8.10. The molecule has 0 atom stereocenters. The number of pyridine rings is 1. The summed E-state index contributed by atoms with van der Waals surface area (Å²) in [6.45, 7) is 4.93. The zero-order valence-corrected chi connectivity index (χ0v) is 16.6. The molecule has 28 heavy (non-hydrogen) atoms. The summed E-state index contributed by atoms with van der Waals surface area (Å²) in [6, 6.07) is 12.7. The molecular formula is C23H29N3O2. The summed E-state index contributed by atoms with van der Waals surface area (Å²) in [5.41, 5.74) is 3.24. The lowest BCUT2D eigenvalue weighted by atomic mass is 9.73. The highest BCUT2D eigenvalue weighted by molar-refractivity contribution is 5.83. The number of hydrogen-bond acceptors (Lipinski definition) is 4.